The molecule has 3 nitrogen and oxygen atoms in total. The van der Waals surface area contributed by atoms with Crippen molar-refractivity contribution in [2.24, 2.45) is 0 Å². The van der Waals surface area contributed by atoms with Gasteiger partial charge in [0.2, 0.25) is 0 Å². The fraction of sp³-hybridized carbons (Fsp3) is 0.692. The Morgan fingerprint density at radius 1 is 1.38 bits per heavy atom. The van der Waals surface area contributed by atoms with Gasteiger partial charge in [-0.05, 0) is 26.3 Å². The molecule has 0 spiro atoms. The van der Waals surface area contributed by atoms with Crippen molar-refractivity contribution in [1.29, 1.82) is 0 Å². The van der Waals surface area contributed by atoms with Gasteiger partial charge in [-0.15, -0.1) is 0 Å². The van der Waals surface area contributed by atoms with Crippen molar-refractivity contribution in [3.05, 3.63) is 23.2 Å². The van der Waals surface area contributed by atoms with E-state index in [-0.39, 0.29) is 6.10 Å². The van der Waals surface area contributed by atoms with Crippen LogP contribution in [-0.2, 0) is 4.74 Å². The third-order valence-electron chi connectivity index (χ3n) is 3.10. The number of rotatable bonds is 3. The van der Waals surface area contributed by atoms with Crippen molar-refractivity contribution in [3.63, 3.8) is 0 Å². The van der Waals surface area contributed by atoms with Crippen LogP contribution in [0.1, 0.15) is 43.0 Å². The lowest BCUT2D eigenvalue weighted by Crippen LogP contribution is -2.40. The monoisotopic (exact) mass is 223 g/mol. The molecule has 0 bridgehead atoms. The molecule has 0 amide bonds. The predicted octanol–water partition coefficient (Wildman–Crippen LogP) is 2.73. The maximum absolute atomic E-state index is 6.08. The van der Waals surface area contributed by atoms with Crippen LogP contribution in [0, 0.1) is 13.8 Å². The summed E-state index contributed by atoms with van der Waals surface area (Å²) in [5.41, 5.74) is 1.20. The Balaban J connectivity index is 2.06. The zero-order valence-electron chi connectivity index (χ0n) is 10.4. The van der Waals surface area contributed by atoms with Crippen LogP contribution < -0.4 is 5.32 Å². The van der Waals surface area contributed by atoms with Crippen LogP contribution in [0.4, 0.5) is 0 Å². The highest BCUT2D eigenvalue weighted by Gasteiger charge is 2.25. The summed E-state index contributed by atoms with van der Waals surface area (Å²) in [6.07, 6.45) is 2.79. The van der Waals surface area contributed by atoms with Crippen molar-refractivity contribution < 1.29 is 9.15 Å². The lowest BCUT2D eigenvalue weighted by molar-refractivity contribution is -0.0430. The molecule has 2 heterocycles. The third-order valence-corrected chi connectivity index (χ3v) is 3.10. The Hall–Kier alpha value is -0.800. The van der Waals surface area contributed by atoms with Gasteiger partial charge in [0.25, 0.3) is 0 Å². The first-order chi connectivity index (χ1) is 7.70. The van der Waals surface area contributed by atoms with Crippen LogP contribution in [0.3, 0.4) is 0 Å². The van der Waals surface area contributed by atoms with E-state index in [0.29, 0.717) is 6.10 Å². The minimum absolute atomic E-state index is 0.155. The molecule has 0 radical (unpaired) electrons. The number of furan rings is 1. The maximum atomic E-state index is 6.08. The van der Waals surface area contributed by atoms with Crippen LogP contribution in [-0.4, -0.2) is 19.2 Å². The average molecular weight is 223 g/mol. The molecule has 1 fully saturated rings. The Kier molecular flexibility index (Phi) is 3.66. The maximum Gasteiger partial charge on any atom is 0.106 e. The zero-order chi connectivity index (χ0) is 11.5. The van der Waals surface area contributed by atoms with Crippen molar-refractivity contribution in [3.8, 4) is 0 Å². The second-order valence-corrected chi connectivity index (χ2v) is 4.56. The third kappa shape index (κ3) is 2.47. The molecular formula is C13H21NO2. The molecule has 0 saturated carbocycles. The molecule has 3 heteroatoms. The highest BCUT2D eigenvalue weighted by atomic mass is 16.5. The summed E-state index contributed by atoms with van der Waals surface area (Å²) in [7, 11) is 0. The van der Waals surface area contributed by atoms with E-state index in [0.717, 1.165) is 31.0 Å². The SMILES string of the molecule is CCCC1CNCC(c2cc(C)oc2C)O1. The smallest absolute Gasteiger partial charge is 0.106 e. The van der Waals surface area contributed by atoms with Gasteiger partial charge >= 0.3 is 0 Å². The topological polar surface area (TPSA) is 34.4 Å². The summed E-state index contributed by atoms with van der Waals surface area (Å²) in [5.74, 6) is 1.95. The highest BCUT2D eigenvalue weighted by Crippen LogP contribution is 2.27. The molecule has 2 unspecified atom stereocenters. The van der Waals surface area contributed by atoms with Gasteiger partial charge in [-0.3, -0.25) is 0 Å². The highest BCUT2D eigenvalue weighted by molar-refractivity contribution is 5.23. The molecule has 2 rings (SSSR count). The quantitative estimate of drug-likeness (QED) is 0.855. The molecule has 1 aromatic rings. The summed E-state index contributed by atoms with van der Waals surface area (Å²) in [6, 6.07) is 2.09. The Morgan fingerprint density at radius 2 is 2.19 bits per heavy atom. The molecule has 1 aromatic heterocycles. The minimum atomic E-state index is 0.155. The van der Waals surface area contributed by atoms with E-state index in [9.17, 15) is 0 Å². The molecule has 90 valence electrons. The molecule has 1 aliphatic rings. The number of aryl methyl sites for hydroxylation is 2. The van der Waals surface area contributed by atoms with E-state index in [2.05, 4.69) is 18.3 Å². The summed E-state index contributed by atoms with van der Waals surface area (Å²) < 4.78 is 11.6. The second kappa shape index (κ2) is 5.02. The Morgan fingerprint density at radius 3 is 2.81 bits per heavy atom. The van der Waals surface area contributed by atoms with E-state index >= 15 is 0 Å². The fourth-order valence-corrected chi connectivity index (χ4v) is 2.35. The summed E-state index contributed by atoms with van der Waals surface area (Å²) in [5, 5.41) is 3.44. The fourth-order valence-electron chi connectivity index (χ4n) is 2.35. The molecular weight excluding hydrogens is 202 g/mol. The lowest BCUT2D eigenvalue weighted by Gasteiger charge is -2.30. The molecule has 1 aliphatic heterocycles. The zero-order valence-corrected chi connectivity index (χ0v) is 10.4. The predicted molar refractivity (Wildman–Crippen MR) is 63.6 cm³/mol. The number of hydrogen-bond acceptors (Lipinski definition) is 3. The summed E-state index contributed by atoms with van der Waals surface area (Å²) >= 11 is 0. The standard InChI is InChI=1S/C13H21NO2/c1-4-5-11-7-14-8-13(16-11)12-6-9(2)15-10(12)3/h6,11,13-14H,4-5,7-8H2,1-3H3. The Bertz CT molecular complexity index is 344. The van der Waals surface area contributed by atoms with E-state index in [1.54, 1.807) is 0 Å². The van der Waals surface area contributed by atoms with Crippen LogP contribution in [0.15, 0.2) is 10.5 Å². The Labute approximate surface area is 97.2 Å². The van der Waals surface area contributed by atoms with E-state index in [1.807, 2.05) is 13.8 Å². The van der Waals surface area contributed by atoms with Gasteiger partial charge in [-0.1, -0.05) is 13.3 Å². The second-order valence-electron chi connectivity index (χ2n) is 4.56. The molecule has 1 saturated heterocycles. The molecule has 1 N–H and O–H groups in total. The summed E-state index contributed by atoms with van der Waals surface area (Å²) in [6.45, 7) is 8.05. The van der Waals surface area contributed by atoms with Gasteiger partial charge < -0.3 is 14.5 Å². The van der Waals surface area contributed by atoms with E-state index in [1.165, 1.54) is 12.0 Å². The van der Waals surface area contributed by atoms with E-state index in [4.69, 9.17) is 9.15 Å². The van der Waals surface area contributed by atoms with Crippen LogP contribution in [0.5, 0.6) is 0 Å². The largest absolute Gasteiger partial charge is 0.466 e. The van der Waals surface area contributed by atoms with Crippen molar-refractivity contribution in [1.82, 2.24) is 5.32 Å². The molecule has 16 heavy (non-hydrogen) atoms. The van der Waals surface area contributed by atoms with Gasteiger partial charge in [0.15, 0.2) is 0 Å². The van der Waals surface area contributed by atoms with Gasteiger partial charge in [-0.2, -0.15) is 0 Å². The number of ether oxygens (including phenoxy) is 1. The van der Waals surface area contributed by atoms with Crippen LogP contribution >= 0.6 is 0 Å². The van der Waals surface area contributed by atoms with Crippen molar-refractivity contribution >= 4 is 0 Å². The van der Waals surface area contributed by atoms with Gasteiger partial charge in [0.1, 0.15) is 11.5 Å². The van der Waals surface area contributed by atoms with Crippen LogP contribution in [0.2, 0.25) is 0 Å². The normalized spacial score (nSPS) is 25.9. The average Bonchev–Trinajstić information content (AvgIpc) is 2.59. The number of morpholine rings is 1. The summed E-state index contributed by atoms with van der Waals surface area (Å²) in [4.78, 5) is 0. The molecule has 0 aliphatic carbocycles. The minimum Gasteiger partial charge on any atom is -0.466 e. The lowest BCUT2D eigenvalue weighted by atomic mass is 10.1. The van der Waals surface area contributed by atoms with E-state index < -0.39 is 0 Å². The molecule has 0 aromatic carbocycles. The van der Waals surface area contributed by atoms with Gasteiger partial charge in [-0.25, -0.2) is 0 Å². The number of nitrogens with one attached hydrogen (secondary N) is 1. The number of hydrogen-bond donors (Lipinski definition) is 1. The molecule has 2 atom stereocenters. The van der Waals surface area contributed by atoms with Gasteiger partial charge in [0, 0.05) is 18.7 Å². The van der Waals surface area contributed by atoms with Crippen molar-refractivity contribution in [2.45, 2.75) is 45.8 Å². The van der Waals surface area contributed by atoms with Gasteiger partial charge in [0.05, 0.1) is 12.2 Å². The van der Waals surface area contributed by atoms with Crippen molar-refractivity contribution in [2.75, 3.05) is 13.1 Å². The first-order valence-electron chi connectivity index (χ1n) is 6.13. The first kappa shape index (κ1) is 11.7. The first-order valence-corrected chi connectivity index (χ1v) is 6.13. The van der Waals surface area contributed by atoms with Crippen LogP contribution in [0.25, 0.3) is 0 Å².